The van der Waals surface area contributed by atoms with Crippen molar-refractivity contribution >= 4 is 5.69 Å². The third-order valence-electron chi connectivity index (χ3n) is 3.54. The van der Waals surface area contributed by atoms with Gasteiger partial charge in [0.05, 0.1) is 5.69 Å². The number of likely N-dealkylation sites (N-methyl/N-ethyl adjacent to an activating group) is 1. The molecular formula is C14H18N4. The van der Waals surface area contributed by atoms with Crippen molar-refractivity contribution in [1.82, 2.24) is 15.1 Å². The molecule has 0 aliphatic carbocycles. The summed E-state index contributed by atoms with van der Waals surface area (Å²) < 4.78 is 0. The molecule has 1 N–H and O–H groups in total. The zero-order valence-corrected chi connectivity index (χ0v) is 10.6. The molecule has 1 fully saturated rings. The topological polar surface area (TPSA) is 35.2 Å². The molecule has 1 aliphatic rings. The van der Waals surface area contributed by atoms with Gasteiger partial charge in [0.15, 0.2) is 0 Å². The quantitative estimate of drug-likeness (QED) is 0.872. The first kappa shape index (κ1) is 11.3. The van der Waals surface area contributed by atoms with Crippen molar-refractivity contribution in [2.24, 2.45) is 0 Å². The Morgan fingerprint density at radius 3 is 2.56 bits per heavy atom. The predicted octanol–water partition coefficient (Wildman–Crippen LogP) is 1.83. The monoisotopic (exact) mass is 242 g/mol. The molecule has 1 saturated heterocycles. The maximum absolute atomic E-state index is 4.05. The van der Waals surface area contributed by atoms with Crippen LogP contribution in [0.3, 0.4) is 0 Å². The van der Waals surface area contributed by atoms with E-state index in [0.29, 0.717) is 0 Å². The summed E-state index contributed by atoms with van der Waals surface area (Å²) in [7, 11) is 2.18. The van der Waals surface area contributed by atoms with Crippen molar-refractivity contribution in [2.75, 3.05) is 38.1 Å². The van der Waals surface area contributed by atoms with Gasteiger partial charge in [0.1, 0.15) is 0 Å². The molecule has 1 aliphatic heterocycles. The van der Waals surface area contributed by atoms with Crippen molar-refractivity contribution in [3.05, 3.63) is 36.5 Å². The van der Waals surface area contributed by atoms with Crippen LogP contribution in [-0.2, 0) is 0 Å². The molecule has 0 unspecified atom stereocenters. The van der Waals surface area contributed by atoms with Gasteiger partial charge < -0.3 is 9.80 Å². The minimum absolute atomic E-state index is 1.08. The highest BCUT2D eigenvalue weighted by molar-refractivity contribution is 5.76. The Morgan fingerprint density at radius 2 is 1.83 bits per heavy atom. The van der Waals surface area contributed by atoms with E-state index in [-0.39, 0.29) is 0 Å². The number of piperazine rings is 1. The molecule has 0 saturated carbocycles. The van der Waals surface area contributed by atoms with Gasteiger partial charge in [-0.2, -0.15) is 5.10 Å². The summed E-state index contributed by atoms with van der Waals surface area (Å²) in [6.45, 7) is 4.41. The summed E-state index contributed by atoms with van der Waals surface area (Å²) in [5, 5.41) is 7.10. The minimum atomic E-state index is 1.08. The van der Waals surface area contributed by atoms with Gasteiger partial charge in [0.2, 0.25) is 0 Å². The van der Waals surface area contributed by atoms with Gasteiger partial charge in [0, 0.05) is 43.6 Å². The van der Waals surface area contributed by atoms with E-state index in [0.717, 1.165) is 31.9 Å². The number of anilines is 1. The van der Waals surface area contributed by atoms with E-state index in [1.54, 1.807) is 6.20 Å². The number of H-pyrrole nitrogens is 1. The van der Waals surface area contributed by atoms with Gasteiger partial charge >= 0.3 is 0 Å². The van der Waals surface area contributed by atoms with Crippen LogP contribution < -0.4 is 4.90 Å². The highest BCUT2D eigenvalue weighted by Crippen LogP contribution is 2.29. The summed E-state index contributed by atoms with van der Waals surface area (Å²) >= 11 is 0. The van der Waals surface area contributed by atoms with Crippen LogP contribution in [0.25, 0.3) is 11.3 Å². The Balaban J connectivity index is 1.92. The molecule has 0 bridgehead atoms. The normalized spacial score (nSPS) is 17.1. The van der Waals surface area contributed by atoms with Crippen LogP contribution in [0.1, 0.15) is 0 Å². The number of nitrogens with one attached hydrogen (secondary N) is 1. The molecule has 4 nitrogen and oxygen atoms in total. The number of benzene rings is 1. The first-order valence-electron chi connectivity index (χ1n) is 6.37. The fourth-order valence-corrected chi connectivity index (χ4v) is 2.43. The Kier molecular flexibility index (Phi) is 3.02. The van der Waals surface area contributed by atoms with Gasteiger partial charge in [-0.25, -0.2) is 0 Å². The van der Waals surface area contributed by atoms with Crippen LogP contribution in [-0.4, -0.2) is 48.3 Å². The molecular weight excluding hydrogens is 224 g/mol. The summed E-state index contributed by atoms with van der Waals surface area (Å²) in [6.07, 6.45) is 1.80. The Bertz CT molecular complexity index is 498. The van der Waals surface area contributed by atoms with E-state index in [1.807, 2.05) is 6.07 Å². The van der Waals surface area contributed by atoms with Crippen molar-refractivity contribution < 1.29 is 0 Å². The van der Waals surface area contributed by atoms with Gasteiger partial charge in [-0.15, -0.1) is 0 Å². The van der Waals surface area contributed by atoms with Crippen molar-refractivity contribution in [1.29, 1.82) is 0 Å². The van der Waals surface area contributed by atoms with Crippen molar-refractivity contribution in [3.63, 3.8) is 0 Å². The van der Waals surface area contributed by atoms with Gasteiger partial charge in [-0.05, 0) is 19.2 Å². The van der Waals surface area contributed by atoms with E-state index in [1.165, 1.54) is 11.3 Å². The summed E-state index contributed by atoms with van der Waals surface area (Å²) in [5.41, 5.74) is 3.62. The van der Waals surface area contributed by atoms with Crippen LogP contribution >= 0.6 is 0 Å². The lowest BCUT2D eigenvalue weighted by molar-refractivity contribution is 0.313. The fraction of sp³-hybridized carbons (Fsp3) is 0.357. The molecule has 4 heteroatoms. The van der Waals surface area contributed by atoms with Gasteiger partial charge in [0.25, 0.3) is 0 Å². The third kappa shape index (κ3) is 2.11. The molecule has 1 aromatic heterocycles. The van der Waals surface area contributed by atoms with E-state index < -0.39 is 0 Å². The third-order valence-corrected chi connectivity index (χ3v) is 3.54. The van der Waals surface area contributed by atoms with Crippen LogP contribution in [0.5, 0.6) is 0 Å². The van der Waals surface area contributed by atoms with Crippen molar-refractivity contribution in [3.8, 4) is 11.3 Å². The summed E-state index contributed by atoms with van der Waals surface area (Å²) in [5.74, 6) is 0. The maximum atomic E-state index is 4.05. The smallest absolute Gasteiger partial charge is 0.0670 e. The molecule has 0 amide bonds. The first-order chi connectivity index (χ1) is 8.84. The lowest BCUT2D eigenvalue weighted by Gasteiger charge is -2.35. The molecule has 0 radical (unpaired) electrons. The fourth-order valence-electron chi connectivity index (χ4n) is 2.43. The number of aromatic nitrogens is 2. The molecule has 94 valence electrons. The SMILES string of the molecule is CN1CCN(c2ccccc2-c2ccn[nH]2)CC1. The van der Waals surface area contributed by atoms with E-state index in [9.17, 15) is 0 Å². The minimum Gasteiger partial charge on any atom is -0.368 e. The Hall–Kier alpha value is -1.81. The first-order valence-corrected chi connectivity index (χ1v) is 6.37. The second-order valence-corrected chi connectivity index (χ2v) is 4.78. The van der Waals surface area contributed by atoms with E-state index >= 15 is 0 Å². The molecule has 18 heavy (non-hydrogen) atoms. The lowest BCUT2D eigenvalue weighted by Crippen LogP contribution is -2.44. The standard InChI is InChI=1S/C14H18N4/c1-17-8-10-18(11-9-17)14-5-3-2-4-12(14)13-6-7-15-16-13/h2-7H,8-11H2,1H3,(H,15,16). The number of nitrogens with zero attached hydrogens (tertiary/aromatic N) is 3. The second-order valence-electron chi connectivity index (χ2n) is 4.78. The van der Waals surface area contributed by atoms with Crippen LogP contribution in [0.2, 0.25) is 0 Å². The second kappa shape index (κ2) is 4.82. The average molecular weight is 242 g/mol. The average Bonchev–Trinajstić information content (AvgIpc) is 2.93. The van der Waals surface area contributed by atoms with Gasteiger partial charge in [-0.1, -0.05) is 18.2 Å². The maximum Gasteiger partial charge on any atom is 0.0670 e. The molecule has 0 spiro atoms. The predicted molar refractivity (Wildman–Crippen MR) is 73.7 cm³/mol. The van der Waals surface area contributed by atoms with E-state index in [4.69, 9.17) is 0 Å². The zero-order chi connectivity index (χ0) is 12.4. The zero-order valence-electron chi connectivity index (χ0n) is 10.6. The highest BCUT2D eigenvalue weighted by Gasteiger charge is 2.17. The number of hydrogen-bond acceptors (Lipinski definition) is 3. The molecule has 3 rings (SSSR count). The molecule has 0 atom stereocenters. The van der Waals surface area contributed by atoms with Gasteiger partial charge in [-0.3, -0.25) is 5.10 Å². The van der Waals surface area contributed by atoms with Crippen molar-refractivity contribution in [2.45, 2.75) is 0 Å². The van der Waals surface area contributed by atoms with Crippen LogP contribution in [0.4, 0.5) is 5.69 Å². The Morgan fingerprint density at radius 1 is 1.06 bits per heavy atom. The summed E-state index contributed by atoms with van der Waals surface area (Å²) in [6, 6.07) is 10.6. The van der Waals surface area contributed by atoms with E-state index in [2.05, 4.69) is 51.3 Å². The number of hydrogen-bond donors (Lipinski definition) is 1. The molecule has 2 aromatic rings. The van der Waals surface area contributed by atoms with Crippen LogP contribution in [0, 0.1) is 0 Å². The number of rotatable bonds is 2. The Labute approximate surface area is 107 Å². The summed E-state index contributed by atoms with van der Waals surface area (Å²) in [4.78, 5) is 4.82. The van der Waals surface area contributed by atoms with Crippen LogP contribution in [0.15, 0.2) is 36.5 Å². The highest BCUT2D eigenvalue weighted by atomic mass is 15.2. The largest absolute Gasteiger partial charge is 0.368 e. The number of aromatic amines is 1. The lowest BCUT2D eigenvalue weighted by atomic mass is 10.1. The number of para-hydroxylation sites is 1. The molecule has 1 aromatic carbocycles. The molecule has 2 heterocycles.